The maximum atomic E-state index is 12.2. The summed E-state index contributed by atoms with van der Waals surface area (Å²) in [4.78, 5) is 30.2. The fraction of sp³-hybridized carbons (Fsp3) is 0.227. The van der Waals surface area contributed by atoms with E-state index in [1.54, 1.807) is 4.90 Å². The third-order valence-corrected chi connectivity index (χ3v) is 4.73. The van der Waals surface area contributed by atoms with E-state index < -0.39 is 0 Å². The van der Waals surface area contributed by atoms with Crippen LogP contribution >= 0.6 is 0 Å². The number of nitrogens with zero attached hydrogens (tertiary/aromatic N) is 2. The fourth-order valence-corrected chi connectivity index (χ4v) is 3.24. The van der Waals surface area contributed by atoms with E-state index in [2.05, 4.69) is 10.3 Å². The molecule has 2 amide bonds. The number of oxazole rings is 1. The standard InChI is InChI=1S/C22H21N3O3/c26-20(13-18-15-28-22(24-18)17-5-2-1-3-6-17)23-14-16-8-10-19(11-9-16)25-12-4-7-21(25)27/h1-3,5-6,8-11,15H,4,7,12-14H2,(H,23,26). The molecule has 28 heavy (non-hydrogen) atoms. The molecule has 1 saturated heterocycles. The SMILES string of the molecule is O=C(Cc1coc(-c2ccccc2)n1)NCc1ccc(N2CCCC2=O)cc1. The van der Waals surface area contributed by atoms with Gasteiger partial charge in [-0.15, -0.1) is 0 Å². The smallest absolute Gasteiger partial charge is 0.227 e. The van der Waals surface area contributed by atoms with Crippen molar-refractivity contribution in [2.75, 3.05) is 11.4 Å². The van der Waals surface area contributed by atoms with Gasteiger partial charge in [-0.05, 0) is 36.2 Å². The highest BCUT2D eigenvalue weighted by atomic mass is 16.3. The van der Waals surface area contributed by atoms with Gasteiger partial charge in [0.2, 0.25) is 17.7 Å². The average molecular weight is 375 g/mol. The molecule has 0 unspecified atom stereocenters. The van der Waals surface area contributed by atoms with Gasteiger partial charge in [-0.1, -0.05) is 30.3 Å². The Labute approximate surface area is 163 Å². The Morgan fingerprint density at radius 1 is 1.11 bits per heavy atom. The number of hydrogen-bond donors (Lipinski definition) is 1. The van der Waals surface area contributed by atoms with E-state index in [0.717, 1.165) is 29.8 Å². The van der Waals surface area contributed by atoms with Crippen LogP contribution in [-0.4, -0.2) is 23.3 Å². The number of nitrogens with one attached hydrogen (secondary N) is 1. The number of carbonyl (C=O) groups is 2. The quantitative estimate of drug-likeness (QED) is 0.717. The highest BCUT2D eigenvalue weighted by molar-refractivity contribution is 5.95. The highest BCUT2D eigenvalue weighted by Crippen LogP contribution is 2.21. The van der Waals surface area contributed by atoms with Crippen molar-refractivity contribution in [1.29, 1.82) is 0 Å². The first-order valence-electron chi connectivity index (χ1n) is 9.35. The first-order valence-corrected chi connectivity index (χ1v) is 9.35. The van der Waals surface area contributed by atoms with Gasteiger partial charge in [0.05, 0.1) is 12.1 Å². The molecule has 0 aliphatic carbocycles. The lowest BCUT2D eigenvalue weighted by molar-refractivity contribution is -0.120. The number of amides is 2. The molecule has 2 aromatic carbocycles. The molecule has 1 aliphatic rings. The topological polar surface area (TPSA) is 75.4 Å². The van der Waals surface area contributed by atoms with Crippen molar-refractivity contribution in [2.24, 2.45) is 0 Å². The molecular formula is C22H21N3O3. The van der Waals surface area contributed by atoms with Crippen molar-refractivity contribution in [3.05, 3.63) is 72.1 Å². The second kappa shape index (κ2) is 8.08. The minimum Gasteiger partial charge on any atom is -0.444 e. The summed E-state index contributed by atoms with van der Waals surface area (Å²) in [5.41, 5.74) is 3.37. The lowest BCUT2D eigenvalue weighted by atomic mass is 10.2. The molecule has 1 fully saturated rings. The van der Waals surface area contributed by atoms with Crippen LogP contribution in [0, 0.1) is 0 Å². The molecule has 0 saturated carbocycles. The lowest BCUT2D eigenvalue weighted by Gasteiger charge is -2.16. The molecule has 1 aliphatic heterocycles. The highest BCUT2D eigenvalue weighted by Gasteiger charge is 2.21. The van der Waals surface area contributed by atoms with E-state index >= 15 is 0 Å². The maximum Gasteiger partial charge on any atom is 0.227 e. The Morgan fingerprint density at radius 2 is 1.89 bits per heavy atom. The first-order chi connectivity index (χ1) is 13.7. The third kappa shape index (κ3) is 4.11. The normalized spacial score (nSPS) is 13.7. The summed E-state index contributed by atoms with van der Waals surface area (Å²) in [6.07, 6.45) is 3.21. The second-order valence-electron chi connectivity index (χ2n) is 6.78. The number of carbonyl (C=O) groups excluding carboxylic acids is 2. The second-order valence-corrected chi connectivity index (χ2v) is 6.78. The van der Waals surface area contributed by atoms with Gasteiger partial charge in [0.25, 0.3) is 0 Å². The molecular weight excluding hydrogens is 354 g/mol. The Hall–Kier alpha value is -3.41. The Kier molecular flexibility index (Phi) is 5.19. The predicted octanol–water partition coefficient (Wildman–Crippen LogP) is 3.33. The summed E-state index contributed by atoms with van der Waals surface area (Å²) < 4.78 is 5.46. The van der Waals surface area contributed by atoms with Gasteiger partial charge in [0, 0.05) is 30.8 Å². The molecule has 2 heterocycles. The van der Waals surface area contributed by atoms with Crippen molar-refractivity contribution in [2.45, 2.75) is 25.8 Å². The van der Waals surface area contributed by atoms with Crippen molar-refractivity contribution < 1.29 is 14.0 Å². The maximum absolute atomic E-state index is 12.2. The summed E-state index contributed by atoms with van der Waals surface area (Å²) in [6, 6.07) is 17.3. The molecule has 1 aromatic heterocycles. The number of hydrogen-bond acceptors (Lipinski definition) is 4. The number of rotatable bonds is 6. The first kappa shape index (κ1) is 18.0. The van der Waals surface area contributed by atoms with Gasteiger partial charge in [-0.3, -0.25) is 9.59 Å². The molecule has 142 valence electrons. The Balaban J connectivity index is 1.30. The molecule has 1 N–H and O–H groups in total. The van der Waals surface area contributed by atoms with Gasteiger partial charge in [0.1, 0.15) is 6.26 Å². The van der Waals surface area contributed by atoms with Gasteiger partial charge < -0.3 is 14.6 Å². The van der Waals surface area contributed by atoms with Crippen LogP contribution in [0.1, 0.15) is 24.1 Å². The Morgan fingerprint density at radius 3 is 2.61 bits per heavy atom. The molecule has 6 heteroatoms. The van der Waals surface area contributed by atoms with Crippen LogP contribution in [0.15, 0.2) is 65.3 Å². The van der Waals surface area contributed by atoms with Crippen LogP contribution < -0.4 is 10.2 Å². The minimum atomic E-state index is -0.119. The number of aromatic nitrogens is 1. The fourth-order valence-electron chi connectivity index (χ4n) is 3.24. The van der Waals surface area contributed by atoms with E-state index in [-0.39, 0.29) is 18.2 Å². The predicted molar refractivity (Wildman–Crippen MR) is 106 cm³/mol. The van der Waals surface area contributed by atoms with Crippen molar-refractivity contribution in [3.63, 3.8) is 0 Å². The minimum absolute atomic E-state index is 0.119. The summed E-state index contributed by atoms with van der Waals surface area (Å²) in [5, 5.41) is 2.89. The van der Waals surface area contributed by atoms with E-state index in [1.165, 1.54) is 6.26 Å². The van der Waals surface area contributed by atoms with Crippen LogP contribution in [0.4, 0.5) is 5.69 Å². The molecule has 4 rings (SSSR count). The van der Waals surface area contributed by atoms with Crippen LogP contribution in [-0.2, 0) is 22.6 Å². The van der Waals surface area contributed by atoms with Crippen LogP contribution in [0.5, 0.6) is 0 Å². The molecule has 0 radical (unpaired) electrons. The van der Waals surface area contributed by atoms with Crippen LogP contribution in [0.2, 0.25) is 0 Å². The summed E-state index contributed by atoms with van der Waals surface area (Å²) in [6.45, 7) is 1.20. The van der Waals surface area contributed by atoms with Gasteiger partial charge >= 0.3 is 0 Å². The van der Waals surface area contributed by atoms with Crippen molar-refractivity contribution >= 4 is 17.5 Å². The van der Waals surface area contributed by atoms with Crippen LogP contribution in [0.3, 0.4) is 0 Å². The third-order valence-electron chi connectivity index (χ3n) is 4.73. The van der Waals surface area contributed by atoms with Crippen LogP contribution in [0.25, 0.3) is 11.5 Å². The van der Waals surface area contributed by atoms with Crippen molar-refractivity contribution in [1.82, 2.24) is 10.3 Å². The lowest BCUT2D eigenvalue weighted by Crippen LogP contribution is -2.25. The molecule has 0 bridgehead atoms. The zero-order chi connectivity index (χ0) is 19.3. The monoisotopic (exact) mass is 375 g/mol. The Bertz CT molecular complexity index is 964. The van der Waals surface area contributed by atoms with Crippen molar-refractivity contribution in [3.8, 4) is 11.5 Å². The van der Waals surface area contributed by atoms with E-state index in [0.29, 0.717) is 24.6 Å². The largest absolute Gasteiger partial charge is 0.444 e. The number of anilines is 1. The summed E-state index contributed by atoms with van der Waals surface area (Å²) >= 11 is 0. The van der Waals surface area contributed by atoms with E-state index in [4.69, 9.17) is 4.42 Å². The summed E-state index contributed by atoms with van der Waals surface area (Å²) in [7, 11) is 0. The number of benzene rings is 2. The van der Waals surface area contributed by atoms with E-state index in [1.807, 2.05) is 54.6 Å². The molecule has 0 spiro atoms. The van der Waals surface area contributed by atoms with Gasteiger partial charge in [-0.2, -0.15) is 0 Å². The van der Waals surface area contributed by atoms with Gasteiger partial charge in [-0.25, -0.2) is 4.98 Å². The zero-order valence-electron chi connectivity index (χ0n) is 15.4. The zero-order valence-corrected chi connectivity index (χ0v) is 15.4. The molecule has 0 atom stereocenters. The molecule has 6 nitrogen and oxygen atoms in total. The van der Waals surface area contributed by atoms with Gasteiger partial charge in [0.15, 0.2) is 0 Å². The summed E-state index contributed by atoms with van der Waals surface area (Å²) in [5.74, 6) is 0.561. The average Bonchev–Trinajstić information content (AvgIpc) is 3.36. The molecule has 3 aromatic rings. The van der Waals surface area contributed by atoms with E-state index in [9.17, 15) is 9.59 Å².